The van der Waals surface area contributed by atoms with Gasteiger partial charge in [-0.1, -0.05) is 41.9 Å². The van der Waals surface area contributed by atoms with E-state index < -0.39 is 5.54 Å². The smallest absolute Gasteiger partial charge is 0.206 e. The molecule has 0 aliphatic carbocycles. The number of ketones is 1. The van der Waals surface area contributed by atoms with Crippen LogP contribution in [0.3, 0.4) is 0 Å². The summed E-state index contributed by atoms with van der Waals surface area (Å²) in [5.74, 6) is -0.251. The van der Waals surface area contributed by atoms with Gasteiger partial charge in [0, 0.05) is 7.05 Å². The minimum Gasteiger partial charge on any atom is -0.315 e. The molecule has 0 aliphatic heterocycles. The maximum atomic E-state index is 12.5. The first-order valence-electron chi connectivity index (χ1n) is 5.51. The molecule has 0 bridgehead atoms. The molecule has 0 spiro atoms. The van der Waals surface area contributed by atoms with Crippen molar-refractivity contribution in [3.8, 4) is 0 Å². The van der Waals surface area contributed by atoms with Crippen molar-refractivity contribution in [2.24, 2.45) is 12.8 Å². The molecule has 0 amide bonds. The first kappa shape index (κ1) is 12.8. The third-order valence-corrected chi connectivity index (χ3v) is 3.23. The molecule has 0 saturated heterocycles. The van der Waals surface area contributed by atoms with Crippen LogP contribution in [-0.4, -0.2) is 15.6 Å². The molecule has 1 unspecified atom stereocenters. The highest BCUT2D eigenvalue weighted by molar-refractivity contribution is 6.34. The Bertz CT molecular complexity index is 556. The van der Waals surface area contributed by atoms with Crippen LogP contribution in [0.5, 0.6) is 0 Å². The van der Waals surface area contributed by atoms with Crippen LogP contribution in [0.2, 0.25) is 5.02 Å². The summed E-state index contributed by atoms with van der Waals surface area (Å²) in [5, 5.41) is 4.27. The van der Waals surface area contributed by atoms with E-state index in [2.05, 4.69) is 5.10 Å². The average Bonchev–Trinajstić information content (AvgIpc) is 2.69. The quantitative estimate of drug-likeness (QED) is 0.863. The number of rotatable bonds is 3. The van der Waals surface area contributed by atoms with Crippen LogP contribution in [0.25, 0.3) is 0 Å². The topological polar surface area (TPSA) is 60.9 Å². The Labute approximate surface area is 110 Å². The van der Waals surface area contributed by atoms with E-state index in [-0.39, 0.29) is 5.78 Å². The van der Waals surface area contributed by atoms with E-state index in [1.54, 1.807) is 14.0 Å². The second kappa shape index (κ2) is 4.55. The van der Waals surface area contributed by atoms with E-state index in [9.17, 15) is 4.79 Å². The zero-order chi connectivity index (χ0) is 13.3. The number of carbonyl (C=O) groups is 1. The van der Waals surface area contributed by atoms with Gasteiger partial charge >= 0.3 is 0 Å². The lowest BCUT2D eigenvalue weighted by Crippen LogP contribution is -2.42. The molecule has 0 fully saturated rings. The van der Waals surface area contributed by atoms with E-state index in [4.69, 9.17) is 17.3 Å². The first-order chi connectivity index (χ1) is 8.44. The number of aryl methyl sites for hydroxylation is 1. The van der Waals surface area contributed by atoms with Crippen LogP contribution < -0.4 is 5.73 Å². The molecule has 0 radical (unpaired) electrons. The monoisotopic (exact) mass is 263 g/mol. The van der Waals surface area contributed by atoms with Gasteiger partial charge in [-0.15, -0.1) is 0 Å². The Morgan fingerprint density at radius 2 is 2.00 bits per heavy atom. The summed E-state index contributed by atoms with van der Waals surface area (Å²) in [6.07, 6.45) is 1.44. The van der Waals surface area contributed by atoms with Crippen molar-refractivity contribution in [1.82, 2.24) is 9.78 Å². The summed E-state index contributed by atoms with van der Waals surface area (Å²) in [5.41, 5.74) is 6.10. The number of carbonyl (C=O) groups excluding carboxylic acids is 1. The highest BCUT2D eigenvalue weighted by Gasteiger charge is 2.34. The number of hydrogen-bond acceptors (Lipinski definition) is 3. The summed E-state index contributed by atoms with van der Waals surface area (Å²) < 4.78 is 1.44. The molecule has 1 heterocycles. The molecule has 1 atom stereocenters. The third-order valence-electron chi connectivity index (χ3n) is 2.95. The van der Waals surface area contributed by atoms with E-state index in [1.807, 2.05) is 30.3 Å². The van der Waals surface area contributed by atoms with Gasteiger partial charge in [-0.05, 0) is 12.5 Å². The van der Waals surface area contributed by atoms with Crippen LogP contribution in [-0.2, 0) is 12.6 Å². The Morgan fingerprint density at radius 3 is 2.50 bits per heavy atom. The van der Waals surface area contributed by atoms with Crippen LogP contribution >= 0.6 is 11.6 Å². The lowest BCUT2D eigenvalue weighted by atomic mass is 9.87. The van der Waals surface area contributed by atoms with Gasteiger partial charge in [0.25, 0.3) is 0 Å². The van der Waals surface area contributed by atoms with Crippen molar-refractivity contribution >= 4 is 17.4 Å². The Kier molecular flexibility index (Phi) is 3.24. The summed E-state index contributed by atoms with van der Waals surface area (Å²) in [6, 6.07) is 9.21. The van der Waals surface area contributed by atoms with E-state index >= 15 is 0 Å². The molecule has 2 aromatic rings. The van der Waals surface area contributed by atoms with Crippen molar-refractivity contribution in [1.29, 1.82) is 0 Å². The average molecular weight is 264 g/mol. The fourth-order valence-electron chi connectivity index (χ4n) is 1.83. The van der Waals surface area contributed by atoms with Gasteiger partial charge in [-0.3, -0.25) is 9.48 Å². The standard InChI is InChI=1S/C13H14ClN3O/c1-13(15,9-6-4-3-5-7-9)12(18)11-10(14)8-16-17(11)2/h3-8H,15H2,1-2H3. The Hall–Kier alpha value is -1.65. The summed E-state index contributed by atoms with van der Waals surface area (Å²) in [4.78, 5) is 12.5. The number of nitrogens with zero attached hydrogens (tertiary/aromatic N) is 2. The molecule has 2 N–H and O–H groups in total. The van der Waals surface area contributed by atoms with Crippen LogP contribution in [0.4, 0.5) is 0 Å². The third kappa shape index (κ3) is 2.05. The molecule has 4 nitrogen and oxygen atoms in total. The predicted octanol–water partition coefficient (Wildman–Crippen LogP) is 2.13. The van der Waals surface area contributed by atoms with Gasteiger partial charge in [-0.25, -0.2) is 0 Å². The van der Waals surface area contributed by atoms with E-state index in [0.717, 1.165) is 5.56 Å². The minimum atomic E-state index is -1.13. The molecule has 0 aliphatic rings. The van der Waals surface area contributed by atoms with Crippen molar-refractivity contribution in [3.05, 3.63) is 52.8 Å². The van der Waals surface area contributed by atoms with E-state index in [1.165, 1.54) is 10.9 Å². The molecular formula is C13H14ClN3O. The van der Waals surface area contributed by atoms with E-state index in [0.29, 0.717) is 10.7 Å². The number of nitrogens with two attached hydrogens (primary N) is 1. The summed E-state index contributed by atoms with van der Waals surface area (Å²) >= 11 is 5.97. The number of aromatic nitrogens is 2. The van der Waals surface area contributed by atoms with Crippen molar-refractivity contribution < 1.29 is 4.79 Å². The van der Waals surface area contributed by atoms with Gasteiger partial charge in [0.2, 0.25) is 5.78 Å². The molecular weight excluding hydrogens is 250 g/mol. The number of hydrogen-bond donors (Lipinski definition) is 1. The van der Waals surface area contributed by atoms with Gasteiger partial charge < -0.3 is 5.73 Å². The molecule has 18 heavy (non-hydrogen) atoms. The highest BCUT2D eigenvalue weighted by Crippen LogP contribution is 2.26. The Balaban J connectivity index is 2.46. The van der Waals surface area contributed by atoms with Gasteiger partial charge in [0.15, 0.2) is 0 Å². The molecule has 5 heteroatoms. The molecule has 94 valence electrons. The van der Waals surface area contributed by atoms with Gasteiger partial charge in [0.1, 0.15) is 11.2 Å². The molecule has 2 rings (SSSR count). The first-order valence-corrected chi connectivity index (χ1v) is 5.89. The molecule has 1 aromatic carbocycles. The van der Waals surface area contributed by atoms with Gasteiger partial charge in [-0.2, -0.15) is 5.10 Å². The van der Waals surface area contributed by atoms with Crippen LogP contribution in [0.1, 0.15) is 23.0 Å². The normalized spacial score (nSPS) is 14.2. The van der Waals surface area contributed by atoms with Crippen molar-refractivity contribution in [2.75, 3.05) is 0 Å². The highest BCUT2D eigenvalue weighted by atomic mass is 35.5. The summed E-state index contributed by atoms with van der Waals surface area (Å²) in [6.45, 7) is 1.67. The minimum absolute atomic E-state index is 0.251. The van der Waals surface area contributed by atoms with Gasteiger partial charge in [0.05, 0.1) is 11.2 Å². The fourth-order valence-corrected chi connectivity index (χ4v) is 2.08. The maximum Gasteiger partial charge on any atom is 0.206 e. The summed E-state index contributed by atoms with van der Waals surface area (Å²) in [7, 11) is 1.67. The van der Waals surface area contributed by atoms with Crippen molar-refractivity contribution in [3.63, 3.8) is 0 Å². The zero-order valence-electron chi connectivity index (χ0n) is 10.2. The predicted molar refractivity (Wildman–Crippen MR) is 70.5 cm³/mol. The fraction of sp³-hybridized carbons (Fsp3) is 0.231. The lowest BCUT2D eigenvalue weighted by molar-refractivity contribution is 0.0890. The molecule has 1 aromatic heterocycles. The molecule has 0 saturated carbocycles. The SMILES string of the molecule is Cn1ncc(Cl)c1C(=O)C(C)(N)c1ccccc1. The largest absolute Gasteiger partial charge is 0.315 e. The number of Topliss-reactive ketones (excluding diaryl/α,β-unsaturated/α-hetero) is 1. The second-order valence-corrected chi connectivity index (χ2v) is 4.77. The van der Waals surface area contributed by atoms with Crippen LogP contribution in [0.15, 0.2) is 36.5 Å². The van der Waals surface area contributed by atoms with Crippen LogP contribution in [0, 0.1) is 0 Å². The maximum absolute atomic E-state index is 12.5. The zero-order valence-corrected chi connectivity index (χ0v) is 11.0. The Morgan fingerprint density at radius 1 is 1.39 bits per heavy atom. The number of halogens is 1. The second-order valence-electron chi connectivity index (χ2n) is 4.36. The number of benzene rings is 1. The van der Waals surface area contributed by atoms with Crippen molar-refractivity contribution in [2.45, 2.75) is 12.5 Å². The lowest BCUT2D eigenvalue weighted by Gasteiger charge is -2.23.